The highest BCUT2D eigenvalue weighted by Gasteiger charge is 2.34. The number of thioether (sulfide) groups is 1. The van der Waals surface area contributed by atoms with Gasteiger partial charge in [0, 0.05) is 18.9 Å². The molecule has 1 saturated heterocycles. The lowest BCUT2D eigenvalue weighted by Crippen LogP contribution is -2.47. The Morgan fingerprint density at radius 2 is 2.16 bits per heavy atom. The van der Waals surface area contributed by atoms with Gasteiger partial charge in [-0.25, -0.2) is 0 Å². The second-order valence-electron chi connectivity index (χ2n) is 6.30. The fourth-order valence-corrected chi connectivity index (χ4v) is 3.29. The summed E-state index contributed by atoms with van der Waals surface area (Å²) in [4.78, 5) is 47.9. The van der Waals surface area contributed by atoms with Gasteiger partial charge in [-0.2, -0.15) is 0 Å². The number of rotatable bonds is 7. The van der Waals surface area contributed by atoms with Gasteiger partial charge < -0.3 is 15.1 Å². The summed E-state index contributed by atoms with van der Waals surface area (Å²) in [6.07, 6.45) is 1.95. The first-order valence-corrected chi connectivity index (χ1v) is 9.17. The van der Waals surface area contributed by atoms with Gasteiger partial charge in [0.25, 0.3) is 11.1 Å². The van der Waals surface area contributed by atoms with E-state index in [1.54, 1.807) is 12.1 Å². The third kappa shape index (κ3) is 5.45. The van der Waals surface area contributed by atoms with Crippen molar-refractivity contribution < 1.29 is 23.6 Å². The van der Waals surface area contributed by atoms with Crippen LogP contribution < -0.4 is 10.6 Å². The summed E-state index contributed by atoms with van der Waals surface area (Å²) < 4.78 is 5.16. The van der Waals surface area contributed by atoms with Crippen molar-refractivity contribution in [3.8, 4) is 0 Å². The second-order valence-corrected chi connectivity index (χ2v) is 7.25. The number of Topliss-reactive ketones (excluding diaryl/α,β-unsaturated/α-hetero) is 2. The van der Waals surface area contributed by atoms with Gasteiger partial charge in [0.2, 0.25) is 5.78 Å². The smallest absolute Gasteiger partial charge is 0.287 e. The van der Waals surface area contributed by atoms with E-state index in [1.807, 2.05) is 13.8 Å². The SMILES string of the molecule is CC(C)C(NC(=O)SCc1ccco1)C(=O)CC1CCNC(=O)C1=O. The molecular weight excluding hydrogens is 344 g/mol. The zero-order valence-corrected chi connectivity index (χ0v) is 15.1. The molecule has 1 fully saturated rings. The Bertz CT molecular complexity index is 641. The lowest BCUT2D eigenvalue weighted by atomic mass is 9.87. The van der Waals surface area contributed by atoms with E-state index >= 15 is 0 Å². The van der Waals surface area contributed by atoms with Gasteiger partial charge in [-0.05, 0) is 24.5 Å². The van der Waals surface area contributed by atoms with Crippen LogP contribution in [0.1, 0.15) is 32.4 Å². The molecule has 1 aromatic heterocycles. The van der Waals surface area contributed by atoms with Gasteiger partial charge in [-0.3, -0.25) is 19.2 Å². The Hall–Kier alpha value is -2.09. The lowest BCUT2D eigenvalue weighted by Gasteiger charge is -2.25. The van der Waals surface area contributed by atoms with Crippen molar-refractivity contribution in [3.05, 3.63) is 24.2 Å². The fraction of sp³-hybridized carbons (Fsp3) is 0.529. The molecule has 2 heterocycles. The maximum atomic E-state index is 12.5. The Morgan fingerprint density at radius 1 is 1.40 bits per heavy atom. The highest BCUT2D eigenvalue weighted by molar-refractivity contribution is 8.12. The lowest BCUT2D eigenvalue weighted by molar-refractivity contribution is -0.143. The van der Waals surface area contributed by atoms with Gasteiger partial charge in [0.1, 0.15) is 5.76 Å². The zero-order chi connectivity index (χ0) is 18.4. The summed E-state index contributed by atoms with van der Waals surface area (Å²) in [5, 5.41) is 4.86. The van der Waals surface area contributed by atoms with Crippen LogP contribution in [-0.2, 0) is 20.1 Å². The average molecular weight is 366 g/mol. The van der Waals surface area contributed by atoms with E-state index in [2.05, 4.69) is 10.6 Å². The van der Waals surface area contributed by atoms with Gasteiger partial charge in [-0.15, -0.1) is 0 Å². The van der Waals surface area contributed by atoms with Gasteiger partial charge in [0.15, 0.2) is 5.78 Å². The number of hydrogen-bond donors (Lipinski definition) is 2. The van der Waals surface area contributed by atoms with Crippen molar-refractivity contribution in [3.63, 3.8) is 0 Å². The molecule has 136 valence electrons. The molecule has 2 rings (SSSR count). The highest BCUT2D eigenvalue weighted by atomic mass is 32.2. The Labute approximate surface area is 150 Å². The second kappa shape index (κ2) is 8.84. The van der Waals surface area contributed by atoms with Crippen LogP contribution in [0.25, 0.3) is 0 Å². The number of ketones is 2. The number of carbonyl (C=O) groups excluding carboxylic acids is 4. The molecule has 1 aliphatic heterocycles. The number of amides is 2. The predicted molar refractivity (Wildman–Crippen MR) is 92.9 cm³/mol. The van der Waals surface area contributed by atoms with Gasteiger partial charge in [-0.1, -0.05) is 25.6 Å². The first-order valence-electron chi connectivity index (χ1n) is 8.19. The van der Waals surface area contributed by atoms with Crippen molar-refractivity contribution in [1.29, 1.82) is 0 Å². The summed E-state index contributed by atoms with van der Waals surface area (Å²) >= 11 is 1.02. The Balaban J connectivity index is 1.90. The van der Waals surface area contributed by atoms with Crippen molar-refractivity contribution in [1.82, 2.24) is 10.6 Å². The predicted octanol–water partition coefficient (Wildman–Crippen LogP) is 1.91. The van der Waals surface area contributed by atoms with Crippen molar-refractivity contribution in [2.24, 2.45) is 11.8 Å². The molecule has 25 heavy (non-hydrogen) atoms. The van der Waals surface area contributed by atoms with Crippen LogP contribution in [0.3, 0.4) is 0 Å². The van der Waals surface area contributed by atoms with E-state index in [0.29, 0.717) is 24.5 Å². The van der Waals surface area contributed by atoms with Crippen molar-refractivity contribution in [2.45, 2.75) is 38.5 Å². The molecule has 0 spiro atoms. The van der Waals surface area contributed by atoms with Crippen LogP contribution in [0.4, 0.5) is 4.79 Å². The fourth-order valence-electron chi connectivity index (χ4n) is 2.65. The number of nitrogens with one attached hydrogen (secondary N) is 2. The normalized spacial score (nSPS) is 18.8. The molecule has 0 radical (unpaired) electrons. The number of furan rings is 1. The summed E-state index contributed by atoms with van der Waals surface area (Å²) in [6.45, 7) is 4.05. The molecule has 2 unspecified atom stereocenters. The van der Waals surface area contributed by atoms with Gasteiger partial charge >= 0.3 is 0 Å². The third-order valence-corrected chi connectivity index (χ3v) is 4.84. The molecule has 0 saturated carbocycles. The third-order valence-electron chi connectivity index (χ3n) is 4.03. The van der Waals surface area contributed by atoms with Crippen molar-refractivity contribution in [2.75, 3.05) is 6.54 Å². The molecule has 2 amide bonds. The maximum Gasteiger partial charge on any atom is 0.287 e. The molecule has 7 nitrogen and oxygen atoms in total. The molecular formula is C17H22N2O5S. The average Bonchev–Trinajstić information content (AvgIpc) is 3.08. The van der Waals surface area contributed by atoms with Gasteiger partial charge in [0.05, 0.1) is 18.1 Å². The minimum atomic E-state index is -0.686. The van der Waals surface area contributed by atoms with E-state index in [1.165, 1.54) is 6.26 Å². The van der Waals surface area contributed by atoms with Crippen LogP contribution in [0.5, 0.6) is 0 Å². The molecule has 0 bridgehead atoms. The monoisotopic (exact) mass is 366 g/mol. The molecule has 1 aromatic rings. The quantitative estimate of drug-likeness (QED) is 0.714. The molecule has 2 atom stereocenters. The largest absolute Gasteiger partial charge is 0.468 e. The summed E-state index contributed by atoms with van der Waals surface area (Å²) in [7, 11) is 0. The number of hydrogen-bond acceptors (Lipinski definition) is 6. The van der Waals surface area contributed by atoms with Crippen LogP contribution in [-0.4, -0.2) is 35.3 Å². The Morgan fingerprint density at radius 3 is 2.80 bits per heavy atom. The zero-order valence-electron chi connectivity index (χ0n) is 14.2. The molecule has 2 N–H and O–H groups in total. The molecule has 0 aliphatic carbocycles. The van der Waals surface area contributed by atoms with E-state index < -0.39 is 23.7 Å². The Kier molecular flexibility index (Phi) is 6.81. The van der Waals surface area contributed by atoms with Crippen LogP contribution in [0.15, 0.2) is 22.8 Å². The van der Waals surface area contributed by atoms with Crippen molar-refractivity contribution >= 4 is 34.5 Å². The maximum absolute atomic E-state index is 12.5. The first-order chi connectivity index (χ1) is 11.9. The van der Waals surface area contributed by atoms with Crippen LogP contribution in [0.2, 0.25) is 0 Å². The van der Waals surface area contributed by atoms with E-state index in [9.17, 15) is 19.2 Å². The van der Waals surface area contributed by atoms with Crippen LogP contribution >= 0.6 is 11.8 Å². The minimum absolute atomic E-state index is 0.0295. The summed E-state index contributed by atoms with van der Waals surface area (Å²) in [5.41, 5.74) is 0. The summed E-state index contributed by atoms with van der Waals surface area (Å²) in [6, 6.07) is 2.82. The first kappa shape index (κ1) is 19.2. The van der Waals surface area contributed by atoms with E-state index in [0.717, 1.165) is 11.8 Å². The highest BCUT2D eigenvalue weighted by Crippen LogP contribution is 2.19. The molecule has 1 aliphatic rings. The van der Waals surface area contributed by atoms with E-state index in [4.69, 9.17) is 4.42 Å². The topological polar surface area (TPSA) is 105 Å². The molecule has 8 heteroatoms. The summed E-state index contributed by atoms with van der Waals surface area (Å²) in [5.74, 6) is -1.09. The van der Waals surface area contributed by atoms with E-state index in [-0.39, 0.29) is 23.4 Å². The van der Waals surface area contributed by atoms with Crippen LogP contribution in [0, 0.1) is 11.8 Å². The number of piperidine rings is 1. The standard InChI is InChI=1S/C17H22N2O5S/c1-10(2)14(19-17(23)25-9-12-4-3-7-24-12)13(20)8-11-5-6-18-16(22)15(11)21/h3-4,7,10-11,14H,5-6,8-9H2,1-2H3,(H,18,22)(H,19,23). The molecule has 0 aromatic carbocycles. The minimum Gasteiger partial charge on any atom is -0.468 e. The number of carbonyl (C=O) groups is 4.